The maximum Gasteiger partial charge on any atom is 0.131 e. The fraction of sp³-hybridized carbons (Fsp3) is 0.200. The van der Waals surface area contributed by atoms with Gasteiger partial charge in [0, 0.05) is 11.6 Å². The standard InChI is InChI=1S/C15H15F2NO/c1-9-6-12(14(17)8-13(9)16)15(18)10-4-3-5-11(7-10)19-2/h3-8,15H,18H2,1-2H3. The molecule has 2 rings (SSSR count). The van der Waals surface area contributed by atoms with Crippen LogP contribution in [0.1, 0.15) is 22.7 Å². The third-order valence-electron chi connectivity index (χ3n) is 3.07. The molecule has 0 radical (unpaired) electrons. The summed E-state index contributed by atoms with van der Waals surface area (Å²) in [6.45, 7) is 1.58. The quantitative estimate of drug-likeness (QED) is 0.921. The van der Waals surface area contributed by atoms with Gasteiger partial charge in [0.1, 0.15) is 17.4 Å². The number of methoxy groups -OCH3 is 1. The van der Waals surface area contributed by atoms with Crippen molar-refractivity contribution >= 4 is 0 Å². The van der Waals surface area contributed by atoms with Crippen LogP contribution >= 0.6 is 0 Å². The summed E-state index contributed by atoms with van der Waals surface area (Å²) in [6, 6.07) is 8.73. The largest absolute Gasteiger partial charge is 0.497 e. The van der Waals surface area contributed by atoms with Crippen LogP contribution in [0.5, 0.6) is 5.75 Å². The highest BCUT2D eigenvalue weighted by Gasteiger charge is 2.16. The molecule has 0 heterocycles. The minimum Gasteiger partial charge on any atom is -0.497 e. The molecule has 0 aliphatic heterocycles. The number of halogens is 2. The van der Waals surface area contributed by atoms with Crippen LogP contribution in [0.4, 0.5) is 8.78 Å². The van der Waals surface area contributed by atoms with E-state index < -0.39 is 17.7 Å². The van der Waals surface area contributed by atoms with Crippen molar-refractivity contribution in [1.82, 2.24) is 0 Å². The second kappa shape index (κ2) is 5.36. The molecule has 0 saturated heterocycles. The number of nitrogens with two attached hydrogens (primary N) is 1. The Bertz CT molecular complexity index is 599. The van der Waals surface area contributed by atoms with Gasteiger partial charge < -0.3 is 10.5 Å². The monoisotopic (exact) mass is 263 g/mol. The highest BCUT2D eigenvalue weighted by Crippen LogP contribution is 2.26. The lowest BCUT2D eigenvalue weighted by Gasteiger charge is -2.15. The number of ether oxygens (including phenoxy) is 1. The molecule has 1 atom stereocenters. The van der Waals surface area contributed by atoms with Crippen LogP contribution in [0.3, 0.4) is 0 Å². The van der Waals surface area contributed by atoms with E-state index in [0.29, 0.717) is 16.9 Å². The fourth-order valence-electron chi connectivity index (χ4n) is 1.93. The lowest BCUT2D eigenvalue weighted by atomic mass is 9.97. The Kier molecular flexibility index (Phi) is 3.81. The molecule has 2 N–H and O–H groups in total. The molecule has 0 bridgehead atoms. The molecule has 0 fully saturated rings. The molecule has 0 aromatic heterocycles. The summed E-state index contributed by atoms with van der Waals surface area (Å²) < 4.78 is 32.1. The van der Waals surface area contributed by atoms with Crippen molar-refractivity contribution in [3.8, 4) is 5.75 Å². The predicted octanol–water partition coefficient (Wildman–Crippen LogP) is 3.33. The van der Waals surface area contributed by atoms with E-state index in [9.17, 15) is 8.78 Å². The second-order valence-electron chi connectivity index (χ2n) is 4.38. The first kappa shape index (κ1) is 13.5. The van der Waals surface area contributed by atoms with Crippen LogP contribution in [0, 0.1) is 18.6 Å². The van der Waals surface area contributed by atoms with Crippen molar-refractivity contribution < 1.29 is 13.5 Å². The Labute approximate surface area is 110 Å². The molecule has 4 heteroatoms. The Morgan fingerprint density at radius 2 is 1.84 bits per heavy atom. The molecule has 100 valence electrons. The molecular formula is C15H15F2NO. The van der Waals surface area contributed by atoms with Crippen LogP contribution in [-0.4, -0.2) is 7.11 Å². The summed E-state index contributed by atoms with van der Waals surface area (Å²) in [7, 11) is 1.55. The lowest BCUT2D eigenvalue weighted by molar-refractivity contribution is 0.414. The van der Waals surface area contributed by atoms with E-state index >= 15 is 0 Å². The first-order valence-corrected chi connectivity index (χ1v) is 5.88. The van der Waals surface area contributed by atoms with Crippen LogP contribution in [0.15, 0.2) is 36.4 Å². The minimum absolute atomic E-state index is 0.271. The van der Waals surface area contributed by atoms with E-state index in [2.05, 4.69) is 0 Å². The Hall–Kier alpha value is -1.94. The molecule has 0 spiro atoms. The zero-order chi connectivity index (χ0) is 14.0. The van der Waals surface area contributed by atoms with Crippen molar-refractivity contribution in [3.63, 3.8) is 0 Å². The summed E-state index contributed by atoms with van der Waals surface area (Å²) >= 11 is 0. The van der Waals surface area contributed by atoms with Crippen LogP contribution in [-0.2, 0) is 0 Å². The van der Waals surface area contributed by atoms with Crippen molar-refractivity contribution in [1.29, 1.82) is 0 Å². The van der Waals surface area contributed by atoms with Crippen molar-refractivity contribution in [2.45, 2.75) is 13.0 Å². The van der Waals surface area contributed by atoms with Crippen LogP contribution < -0.4 is 10.5 Å². The molecular weight excluding hydrogens is 248 g/mol. The minimum atomic E-state index is -0.658. The number of benzene rings is 2. The van der Waals surface area contributed by atoms with Crippen molar-refractivity contribution in [3.05, 3.63) is 64.7 Å². The van der Waals surface area contributed by atoms with Gasteiger partial charge in [0.25, 0.3) is 0 Å². The zero-order valence-corrected chi connectivity index (χ0v) is 10.8. The maximum absolute atomic E-state index is 13.8. The molecule has 2 nitrogen and oxygen atoms in total. The molecule has 0 amide bonds. The van der Waals surface area contributed by atoms with Gasteiger partial charge in [0.05, 0.1) is 13.2 Å². The summed E-state index contributed by atoms with van der Waals surface area (Å²) in [5, 5.41) is 0. The molecule has 1 unspecified atom stereocenters. The van der Waals surface area contributed by atoms with Gasteiger partial charge in [0.15, 0.2) is 0 Å². The third-order valence-corrected chi connectivity index (χ3v) is 3.07. The summed E-state index contributed by atoms with van der Waals surface area (Å²) in [5.74, 6) is -0.565. The van der Waals surface area contributed by atoms with Gasteiger partial charge >= 0.3 is 0 Å². The Balaban J connectivity index is 2.43. The van der Waals surface area contributed by atoms with E-state index in [1.807, 2.05) is 0 Å². The molecule has 0 saturated carbocycles. The van der Waals surface area contributed by atoms with Gasteiger partial charge in [-0.05, 0) is 36.2 Å². The number of rotatable bonds is 3. The molecule has 2 aromatic rings. The van der Waals surface area contributed by atoms with Gasteiger partial charge in [0.2, 0.25) is 0 Å². The Morgan fingerprint density at radius 3 is 2.53 bits per heavy atom. The molecule has 0 aliphatic carbocycles. The highest BCUT2D eigenvalue weighted by atomic mass is 19.1. The fourth-order valence-corrected chi connectivity index (χ4v) is 1.93. The van der Waals surface area contributed by atoms with E-state index in [0.717, 1.165) is 6.07 Å². The van der Waals surface area contributed by atoms with E-state index in [1.54, 1.807) is 38.3 Å². The van der Waals surface area contributed by atoms with Gasteiger partial charge in [-0.3, -0.25) is 0 Å². The smallest absolute Gasteiger partial charge is 0.131 e. The third kappa shape index (κ3) is 2.74. The van der Waals surface area contributed by atoms with Gasteiger partial charge in [-0.25, -0.2) is 8.78 Å². The summed E-state index contributed by atoms with van der Waals surface area (Å²) in [4.78, 5) is 0. The van der Waals surface area contributed by atoms with Gasteiger partial charge in [-0.15, -0.1) is 0 Å². The van der Waals surface area contributed by atoms with Crippen LogP contribution in [0.2, 0.25) is 0 Å². The van der Waals surface area contributed by atoms with Crippen molar-refractivity contribution in [2.75, 3.05) is 7.11 Å². The van der Waals surface area contributed by atoms with E-state index in [1.165, 1.54) is 6.07 Å². The first-order chi connectivity index (χ1) is 9.02. The van der Waals surface area contributed by atoms with Crippen LogP contribution in [0.25, 0.3) is 0 Å². The maximum atomic E-state index is 13.8. The predicted molar refractivity (Wildman–Crippen MR) is 70.1 cm³/mol. The highest BCUT2D eigenvalue weighted by molar-refractivity contribution is 5.38. The number of hydrogen-bond acceptors (Lipinski definition) is 2. The van der Waals surface area contributed by atoms with Gasteiger partial charge in [-0.1, -0.05) is 12.1 Å². The van der Waals surface area contributed by atoms with E-state index in [4.69, 9.17) is 10.5 Å². The SMILES string of the molecule is COc1cccc(C(N)c2cc(C)c(F)cc2F)c1. The molecule has 0 aliphatic rings. The molecule has 19 heavy (non-hydrogen) atoms. The van der Waals surface area contributed by atoms with E-state index in [-0.39, 0.29) is 5.56 Å². The average Bonchev–Trinajstić information content (AvgIpc) is 2.42. The Morgan fingerprint density at radius 1 is 1.11 bits per heavy atom. The number of aryl methyl sites for hydroxylation is 1. The first-order valence-electron chi connectivity index (χ1n) is 5.88. The zero-order valence-electron chi connectivity index (χ0n) is 10.8. The summed E-state index contributed by atoms with van der Waals surface area (Å²) in [6.07, 6.45) is 0. The summed E-state index contributed by atoms with van der Waals surface area (Å²) in [5.41, 5.74) is 7.39. The second-order valence-corrected chi connectivity index (χ2v) is 4.38. The topological polar surface area (TPSA) is 35.2 Å². The van der Waals surface area contributed by atoms with Gasteiger partial charge in [-0.2, -0.15) is 0 Å². The molecule has 2 aromatic carbocycles. The lowest BCUT2D eigenvalue weighted by Crippen LogP contribution is -2.14. The normalized spacial score (nSPS) is 12.3. The van der Waals surface area contributed by atoms with Crippen molar-refractivity contribution in [2.24, 2.45) is 5.73 Å². The average molecular weight is 263 g/mol. The number of hydrogen-bond donors (Lipinski definition) is 1.